The number of amides is 2. The van der Waals surface area contributed by atoms with Gasteiger partial charge in [-0.25, -0.2) is 0 Å². The van der Waals surface area contributed by atoms with Crippen LogP contribution in [0.1, 0.15) is 30.6 Å². The van der Waals surface area contributed by atoms with Crippen LogP contribution in [0.2, 0.25) is 0 Å². The number of ketones is 1. The number of Topliss-reactive ketones (excluding diaryl/α,β-unsaturated/α-hetero) is 1. The molecule has 0 saturated carbocycles. The molecular weight excluding hydrogens is 446 g/mol. The number of halogens is 1. The lowest BCUT2D eigenvalue weighted by Gasteiger charge is -2.23. The second kappa shape index (κ2) is 9.89. The van der Waals surface area contributed by atoms with Gasteiger partial charge in [0.05, 0.1) is 13.2 Å². The minimum absolute atomic E-state index is 0.0529. The molecule has 1 aliphatic heterocycles. The minimum Gasteiger partial charge on any atom is -0.351 e. The van der Waals surface area contributed by atoms with Crippen LogP contribution < -0.4 is 10.2 Å². The van der Waals surface area contributed by atoms with E-state index in [-0.39, 0.29) is 30.1 Å². The first-order chi connectivity index (χ1) is 14.3. The maximum atomic E-state index is 12.9. The molecule has 1 unspecified atom stereocenters. The predicted octanol–water partition coefficient (Wildman–Crippen LogP) is 3.47. The molecule has 0 spiro atoms. The smallest absolute Gasteiger partial charge is 0.245 e. The number of hydrogen-bond donors (Lipinski definition) is 1. The molecular formula is C23H26BrN3O3. The van der Waals surface area contributed by atoms with Gasteiger partial charge in [-0.1, -0.05) is 60.1 Å². The predicted molar refractivity (Wildman–Crippen MR) is 120 cm³/mol. The SMILES string of the molecule is CC(C)CC(=O)N1CN(c2ccccc2)CC1C(=O)NCC(=O)c1ccc(Br)cc1. The molecule has 158 valence electrons. The number of rotatable bonds is 7. The Balaban J connectivity index is 1.69. The van der Waals surface area contributed by atoms with Crippen LogP contribution in [0.5, 0.6) is 0 Å². The van der Waals surface area contributed by atoms with Crippen LogP contribution in [0.3, 0.4) is 0 Å². The van der Waals surface area contributed by atoms with E-state index in [0.717, 1.165) is 10.2 Å². The number of carbonyl (C=O) groups is 3. The Morgan fingerprint density at radius 1 is 1.07 bits per heavy atom. The third kappa shape index (κ3) is 5.48. The maximum absolute atomic E-state index is 12.9. The molecule has 1 fully saturated rings. The molecule has 7 heteroatoms. The van der Waals surface area contributed by atoms with Crippen molar-refractivity contribution in [2.75, 3.05) is 24.7 Å². The van der Waals surface area contributed by atoms with Crippen molar-refractivity contribution < 1.29 is 14.4 Å². The van der Waals surface area contributed by atoms with E-state index in [1.165, 1.54) is 0 Å². The number of anilines is 1. The summed E-state index contributed by atoms with van der Waals surface area (Å²) >= 11 is 3.34. The monoisotopic (exact) mass is 471 g/mol. The summed E-state index contributed by atoms with van der Waals surface area (Å²) in [5.41, 5.74) is 1.49. The molecule has 0 bridgehead atoms. The van der Waals surface area contributed by atoms with Crippen LogP contribution in [0.15, 0.2) is 59.1 Å². The lowest BCUT2D eigenvalue weighted by molar-refractivity contribution is -0.138. The highest BCUT2D eigenvalue weighted by Gasteiger charge is 2.38. The van der Waals surface area contributed by atoms with Crippen molar-refractivity contribution >= 4 is 39.2 Å². The molecule has 0 aliphatic carbocycles. The fourth-order valence-corrected chi connectivity index (χ4v) is 3.70. The highest BCUT2D eigenvalue weighted by molar-refractivity contribution is 9.10. The van der Waals surface area contributed by atoms with E-state index in [2.05, 4.69) is 21.2 Å². The summed E-state index contributed by atoms with van der Waals surface area (Å²) in [6.45, 7) is 4.61. The van der Waals surface area contributed by atoms with E-state index < -0.39 is 6.04 Å². The van der Waals surface area contributed by atoms with E-state index in [1.54, 1.807) is 29.2 Å². The fraction of sp³-hybridized carbons (Fsp3) is 0.348. The topological polar surface area (TPSA) is 69.7 Å². The highest BCUT2D eigenvalue weighted by atomic mass is 79.9. The summed E-state index contributed by atoms with van der Waals surface area (Å²) in [5.74, 6) is -0.335. The Bertz CT molecular complexity index is 900. The van der Waals surface area contributed by atoms with Crippen molar-refractivity contribution in [1.82, 2.24) is 10.2 Å². The molecule has 3 rings (SSSR count). The van der Waals surface area contributed by atoms with E-state index in [0.29, 0.717) is 25.2 Å². The molecule has 6 nitrogen and oxygen atoms in total. The van der Waals surface area contributed by atoms with Crippen LogP contribution >= 0.6 is 15.9 Å². The van der Waals surface area contributed by atoms with E-state index in [4.69, 9.17) is 0 Å². The van der Waals surface area contributed by atoms with Crippen molar-refractivity contribution in [3.05, 3.63) is 64.6 Å². The highest BCUT2D eigenvalue weighted by Crippen LogP contribution is 2.23. The Labute approximate surface area is 185 Å². The van der Waals surface area contributed by atoms with Crippen LogP contribution in [-0.4, -0.2) is 48.3 Å². The largest absolute Gasteiger partial charge is 0.351 e. The Hall–Kier alpha value is -2.67. The van der Waals surface area contributed by atoms with Gasteiger partial charge >= 0.3 is 0 Å². The van der Waals surface area contributed by atoms with Gasteiger partial charge in [0.15, 0.2) is 5.78 Å². The van der Waals surface area contributed by atoms with Crippen LogP contribution in [-0.2, 0) is 9.59 Å². The van der Waals surface area contributed by atoms with Crippen molar-refractivity contribution in [2.45, 2.75) is 26.3 Å². The average molecular weight is 472 g/mol. The van der Waals surface area contributed by atoms with Gasteiger partial charge in [-0.15, -0.1) is 0 Å². The molecule has 1 N–H and O–H groups in total. The lowest BCUT2D eigenvalue weighted by Crippen LogP contribution is -2.48. The van der Waals surface area contributed by atoms with E-state index >= 15 is 0 Å². The van der Waals surface area contributed by atoms with Crippen LogP contribution in [0, 0.1) is 5.92 Å². The van der Waals surface area contributed by atoms with Gasteiger partial charge in [-0.2, -0.15) is 0 Å². The molecule has 1 atom stereocenters. The first kappa shape index (κ1) is 22.0. The summed E-state index contributed by atoms with van der Waals surface area (Å²) in [7, 11) is 0. The van der Waals surface area contributed by atoms with E-state index in [1.807, 2.05) is 49.1 Å². The molecule has 1 heterocycles. The van der Waals surface area contributed by atoms with Crippen LogP contribution in [0.4, 0.5) is 5.69 Å². The zero-order valence-electron chi connectivity index (χ0n) is 17.2. The number of nitrogens with one attached hydrogen (secondary N) is 1. The molecule has 1 saturated heterocycles. The number of para-hydroxylation sites is 1. The number of nitrogens with zero attached hydrogens (tertiary/aromatic N) is 2. The van der Waals surface area contributed by atoms with Gasteiger partial charge in [0.1, 0.15) is 6.04 Å². The van der Waals surface area contributed by atoms with Gasteiger partial charge in [-0.05, 0) is 30.2 Å². The summed E-state index contributed by atoms with van der Waals surface area (Å²) in [4.78, 5) is 41.7. The van der Waals surface area contributed by atoms with Crippen molar-refractivity contribution in [3.63, 3.8) is 0 Å². The van der Waals surface area contributed by atoms with Gasteiger partial charge in [-0.3, -0.25) is 14.4 Å². The standard InChI is InChI=1S/C23H26BrN3O3/c1-16(2)12-22(29)27-15-26(19-6-4-3-5-7-19)14-20(27)23(30)25-13-21(28)17-8-10-18(24)11-9-17/h3-11,16,20H,12-15H2,1-2H3,(H,25,30). The summed E-state index contributed by atoms with van der Waals surface area (Å²) < 4.78 is 0.884. The van der Waals surface area contributed by atoms with Crippen molar-refractivity contribution in [3.8, 4) is 0 Å². The number of benzene rings is 2. The molecule has 0 radical (unpaired) electrons. The molecule has 30 heavy (non-hydrogen) atoms. The molecule has 2 amide bonds. The van der Waals surface area contributed by atoms with Crippen molar-refractivity contribution in [1.29, 1.82) is 0 Å². The first-order valence-corrected chi connectivity index (χ1v) is 10.8. The normalized spacial score (nSPS) is 16.1. The van der Waals surface area contributed by atoms with Crippen molar-refractivity contribution in [2.24, 2.45) is 5.92 Å². The Morgan fingerprint density at radius 2 is 1.73 bits per heavy atom. The first-order valence-electron chi connectivity index (χ1n) is 10.0. The van der Waals surface area contributed by atoms with Gasteiger partial charge < -0.3 is 15.1 Å². The average Bonchev–Trinajstić information content (AvgIpc) is 3.18. The fourth-order valence-electron chi connectivity index (χ4n) is 3.44. The van der Waals surface area contributed by atoms with Crippen LogP contribution in [0.25, 0.3) is 0 Å². The van der Waals surface area contributed by atoms with E-state index in [9.17, 15) is 14.4 Å². The second-order valence-electron chi connectivity index (χ2n) is 7.82. The summed E-state index contributed by atoms with van der Waals surface area (Å²) in [5, 5.41) is 2.73. The Kier molecular flexibility index (Phi) is 7.26. The summed E-state index contributed by atoms with van der Waals surface area (Å²) in [6.07, 6.45) is 0.379. The molecule has 2 aromatic rings. The lowest BCUT2D eigenvalue weighted by atomic mass is 10.1. The molecule has 1 aliphatic rings. The number of carbonyl (C=O) groups excluding carboxylic acids is 3. The second-order valence-corrected chi connectivity index (χ2v) is 8.74. The van der Waals surface area contributed by atoms with Gasteiger partial charge in [0.25, 0.3) is 0 Å². The number of hydrogen-bond acceptors (Lipinski definition) is 4. The van der Waals surface area contributed by atoms with Gasteiger partial charge in [0, 0.05) is 28.7 Å². The summed E-state index contributed by atoms with van der Waals surface area (Å²) in [6, 6.07) is 16.1. The maximum Gasteiger partial charge on any atom is 0.245 e. The van der Waals surface area contributed by atoms with Gasteiger partial charge in [0.2, 0.25) is 11.8 Å². The zero-order chi connectivity index (χ0) is 21.7. The third-order valence-electron chi connectivity index (χ3n) is 5.01. The minimum atomic E-state index is -0.630. The third-order valence-corrected chi connectivity index (χ3v) is 5.54. The Morgan fingerprint density at radius 3 is 2.37 bits per heavy atom. The zero-order valence-corrected chi connectivity index (χ0v) is 18.8. The quantitative estimate of drug-likeness (QED) is 0.627. The molecule has 2 aromatic carbocycles. The molecule has 0 aromatic heterocycles.